The van der Waals surface area contributed by atoms with Crippen molar-refractivity contribution in [2.24, 2.45) is 0 Å². The molecule has 10 heteroatoms. The number of amides is 2. The fraction of sp³-hybridized carbons (Fsp3) is 0.500. The second-order valence-electron chi connectivity index (χ2n) is 9.67. The number of hydrogen-bond acceptors (Lipinski definition) is 5. The number of aromatic nitrogens is 1. The summed E-state index contributed by atoms with van der Waals surface area (Å²) < 4.78 is 35.1. The van der Waals surface area contributed by atoms with Gasteiger partial charge in [0.25, 0.3) is 11.8 Å². The maximum atomic E-state index is 14.1. The van der Waals surface area contributed by atoms with Gasteiger partial charge in [-0.1, -0.05) is 19.4 Å². The van der Waals surface area contributed by atoms with E-state index >= 15 is 0 Å². The normalized spacial score (nSPS) is 20.8. The molecule has 1 fully saturated rings. The lowest BCUT2D eigenvalue weighted by Crippen LogP contribution is -2.61. The number of nitrogens with zero attached hydrogens (tertiary/aromatic N) is 3. The minimum Gasteiger partial charge on any atom is -0.487 e. The quantitative estimate of drug-likeness (QED) is 0.592. The van der Waals surface area contributed by atoms with Crippen LogP contribution in [0.2, 0.25) is 0 Å². The van der Waals surface area contributed by atoms with Crippen molar-refractivity contribution >= 4 is 11.8 Å². The van der Waals surface area contributed by atoms with Crippen LogP contribution in [-0.2, 0) is 13.0 Å². The number of unbranched alkanes of at least 4 members (excludes halogenated alkanes) is 1. The Morgan fingerprint density at radius 3 is 2.78 bits per heavy atom. The summed E-state index contributed by atoms with van der Waals surface area (Å²) in [5.74, 6) is -2.50. The first-order valence-electron chi connectivity index (χ1n) is 12.5. The molecule has 3 aliphatic heterocycles. The van der Waals surface area contributed by atoms with Gasteiger partial charge < -0.3 is 19.5 Å². The van der Waals surface area contributed by atoms with Crippen molar-refractivity contribution < 1.29 is 23.1 Å². The van der Waals surface area contributed by atoms with Crippen molar-refractivity contribution in [2.45, 2.75) is 57.8 Å². The fourth-order valence-corrected chi connectivity index (χ4v) is 5.69. The van der Waals surface area contributed by atoms with E-state index in [1.165, 1.54) is 6.07 Å². The number of carbonyl (C=O) groups is 2. The molecule has 0 radical (unpaired) electrons. The van der Waals surface area contributed by atoms with E-state index in [9.17, 15) is 23.2 Å². The van der Waals surface area contributed by atoms with Gasteiger partial charge in [0.05, 0.1) is 12.6 Å². The lowest BCUT2D eigenvalue weighted by atomic mass is 10.0. The molecule has 1 aromatic carbocycles. The van der Waals surface area contributed by atoms with Crippen LogP contribution in [0.25, 0.3) is 0 Å². The highest BCUT2D eigenvalue weighted by Gasteiger charge is 2.49. The van der Waals surface area contributed by atoms with E-state index in [1.54, 1.807) is 0 Å². The Morgan fingerprint density at radius 1 is 1.22 bits per heavy atom. The van der Waals surface area contributed by atoms with E-state index in [2.05, 4.69) is 10.2 Å². The van der Waals surface area contributed by atoms with Crippen molar-refractivity contribution in [3.05, 3.63) is 62.6 Å². The van der Waals surface area contributed by atoms with Crippen LogP contribution in [-0.4, -0.2) is 59.1 Å². The lowest BCUT2D eigenvalue weighted by molar-refractivity contribution is -0.0152. The van der Waals surface area contributed by atoms with Crippen LogP contribution in [0.4, 0.5) is 8.78 Å². The molecule has 3 aliphatic rings. The molecule has 0 saturated carbocycles. The zero-order chi connectivity index (χ0) is 25.6. The third kappa shape index (κ3) is 3.97. The SMILES string of the molecule is CCCCOc1c2n3c(c(C(=O)NCc4ccc(F)cc4F)c1=O)CCC3C1N(C)CCCN1C2=O. The van der Waals surface area contributed by atoms with Gasteiger partial charge in [-0.05, 0) is 38.8 Å². The smallest absolute Gasteiger partial charge is 0.275 e. The summed E-state index contributed by atoms with van der Waals surface area (Å²) in [5.41, 5.74) is 0.136. The molecule has 2 aromatic rings. The van der Waals surface area contributed by atoms with Crippen LogP contribution in [0, 0.1) is 11.6 Å². The highest BCUT2D eigenvalue weighted by atomic mass is 19.1. The van der Waals surface area contributed by atoms with E-state index < -0.39 is 23.0 Å². The number of rotatable bonds is 7. The van der Waals surface area contributed by atoms with Gasteiger partial charge in [-0.15, -0.1) is 0 Å². The van der Waals surface area contributed by atoms with Crippen LogP contribution in [0.5, 0.6) is 5.75 Å². The average Bonchev–Trinajstić information content (AvgIpc) is 3.27. The molecule has 1 aromatic heterocycles. The first-order valence-corrected chi connectivity index (χ1v) is 12.5. The molecule has 2 amide bonds. The Bertz CT molecular complexity index is 1280. The van der Waals surface area contributed by atoms with Crippen molar-refractivity contribution in [1.82, 2.24) is 19.7 Å². The molecule has 1 N–H and O–H groups in total. The van der Waals surface area contributed by atoms with Gasteiger partial charge >= 0.3 is 0 Å². The first-order chi connectivity index (χ1) is 17.3. The van der Waals surface area contributed by atoms with E-state index in [-0.39, 0.29) is 53.8 Å². The predicted octanol–water partition coefficient (Wildman–Crippen LogP) is 2.84. The molecular weight excluding hydrogens is 470 g/mol. The number of ether oxygens (including phenoxy) is 1. The summed E-state index contributed by atoms with van der Waals surface area (Å²) in [6.07, 6.45) is 3.36. The monoisotopic (exact) mass is 500 g/mol. The minimum atomic E-state index is -0.781. The summed E-state index contributed by atoms with van der Waals surface area (Å²) >= 11 is 0. The number of likely N-dealkylation sites (N-methyl/N-ethyl adjacent to an activating group) is 1. The number of pyridine rings is 1. The van der Waals surface area contributed by atoms with E-state index in [1.807, 2.05) is 23.4 Å². The second kappa shape index (κ2) is 9.65. The van der Waals surface area contributed by atoms with Gasteiger partial charge in [-0.3, -0.25) is 19.3 Å². The third-order valence-electron chi connectivity index (χ3n) is 7.39. The molecule has 2 unspecified atom stereocenters. The van der Waals surface area contributed by atoms with E-state index in [0.717, 1.165) is 31.5 Å². The maximum absolute atomic E-state index is 14.1. The minimum absolute atomic E-state index is 0.0741. The molecule has 36 heavy (non-hydrogen) atoms. The van der Waals surface area contributed by atoms with Gasteiger partial charge in [0, 0.05) is 37.0 Å². The number of halogens is 2. The van der Waals surface area contributed by atoms with Gasteiger partial charge in [-0.2, -0.15) is 0 Å². The Balaban J connectivity index is 1.58. The second-order valence-corrected chi connectivity index (χ2v) is 9.67. The molecule has 0 bridgehead atoms. The number of fused-ring (bicyclic) bond motifs is 2. The van der Waals surface area contributed by atoms with Crippen LogP contribution < -0.4 is 15.5 Å². The zero-order valence-electron chi connectivity index (χ0n) is 20.5. The van der Waals surface area contributed by atoms with E-state index in [4.69, 9.17) is 4.74 Å². The molecule has 8 nitrogen and oxygen atoms in total. The highest BCUT2D eigenvalue weighted by molar-refractivity contribution is 6.00. The predicted molar refractivity (Wildman–Crippen MR) is 128 cm³/mol. The molecule has 0 aliphatic carbocycles. The summed E-state index contributed by atoms with van der Waals surface area (Å²) in [6, 6.07) is 3.01. The molecule has 0 spiro atoms. The Morgan fingerprint density at radius 2 is 2.03 bits per heavy atom. The summed E-state index contributed by atoms with van der Waals surface area (Å²) in [5, 5.41) is 2.61. The molecule has 4 heterocycles. The maximum Gasteiger partial charge on any atom is 0.275 e. The van der Waals surface area contributed by atoms with Crippen LogP contribution in [0.3, 0.4) is 0 Å². The van der Waals surface area contributed by atoms with Crippen LogP contribution in [0.1, 0.15) is 70.8 Å². The summed E-state index contributed by atoms with van der Waals surface area (Å²) in [7, 11) is 1.99. The lowest BCUT2D eigenvalue weighted by Gasteiger charge is -2.49. The largest absolute Gasteiger partial charge is 0.487 e. The number of nitrogens with one attached hydrogen (secondary N) is 1. The van der Waals surface area contributed by atoms with Crippen molar-refractivity contribution in [2.75, 3.05) is 26.7 Å². The molecular formula is C26H30F2N4O4. The highest BCUT2D eigenvalue weighted by Crippen LogP contribution is 2.42. The zero-order valence-corrected chi connectivity index (χ0v) is 20.5. The molecule has 192 valence electrons. The Hall–Kier alpha value is -3.27. The summed E-state index contributed by atoms with van der Waals surface area (Å²) in [6.45, 7) is 3.49. The Labute approximate surface area is 207 Å². The van der Waals surface area contributed by atoms with Gasteiger partial charge in [0.1, 0.15) is 23.4 Å². The van der Waals surface area contributed by atoms with Gasteiger partial charge in [-0.25, -0.2) is 8.78 Å². The third-order valence-corrected chi connectivity index (χ3v) is 7.39. The topological polar surface area (TPSA) is 83.9 Å². The molecule has 1 saturated heterocycles. The van der Waals surface area contributed by atoms with Gasteiger partial charge in [0.2, 0.25) is 5.43 Å². The summed E-state index contributed by atoms with van der Waals surface area (Å²) in [4.78, 5) is 44.6. The molecule has 5 rings (SSSR count). The molecule has 2 atom stereocenters. The van der Waals surface area contributed by atoms with Crippen molar-refractivity contribution in [3.8, 4) is 5.75 Å². The Kier molecular flexibility index (Phi) is 6.55. The fourth-order valence-electron chi connectivity index (χ4n) is 5.69. The van der Waals surface area contributed by atoms with Crippen molar-refractivity contribution in [3.63, 3.8) is 0 Å². The number of benzene rings is 1. The number of hydrogen-bond donors (Lipinski definition) is 1. The average molecular weight is 501 g/mol. The van der Waals surface area contributed by atoms with Gasteiger partial charge in [0.15, 0.2) is 11.4 Å². The van der Waals surface area contributed by atoms with E-state index in [0.29, 0.717) is 31.5 Å². The van der Waals surface area contributed by atoms with Crippen molar-refractivity contribution in [1.29, 1.82) is 0 Å². The van der Waals surface area contributed by atoms with Crippen LogP contribution >= 0.6 is 0 Å². The standard InChI is InChI=1S/C26H30F2N4O4/c1-3-4-12-36-23-21-26(35)31-11-5-10-30(2)25(31)19-9-8-18(32(19)21)20(22(23)33)24(34)29-14-15-6-7-16(27)13-17(15)28/h6-7,13,19,25H,3-5,8-12,14H2,1-2H3,(H,29,34). The first kappa shape index (κ1) is 24.4. The number of carbonyl (C=O) groups excluding carboxylic acids is 2. The van der Waals surface area contributed by atoms with Crippen LogP contribution in [0.15, 0.2) is 23.0 Å².